The molecule has 166 valence electrons. The van der Waals surface area contributed by atoms with E-state index in [1.807, 2.05) is 42.5 Å². The number of amides is 1. The molecule has 1 saturated heterocycles. The monoisotopic (exact) mass is 431 g/mol. The lowest BCUT2D eigenvalue weighted by Crippen LogP contribution is -2.40. The molecule has 7 heteroatoms. The van der Waals surface area contributed by atoms with Crippen molar-refractivity contribution in [3.63, 3.8) is 0 Å². The Morgan fingerprint density at radius 2 is 1.78 bits per heavy atom. The third-order valence-electron chi connectivity index (χ3n) is 5.67. The Hall–Kier alpha value is -3.45. The number of carbonyl (C=O) groups excluding carboxylic acids is 1. The molecule has 1 aliphatic rings. The van der Waals surface area contributed by atoms with Crippen LogP contribution in [0.5, 0.6) is 5.75 Å². The van der Waals surface area contributed by atoms with Crippen molar-refractivity contribution in [1.29, 1.82) is 0 Å². The third kappa shape index (κ3) is 5.82. The minimum Gasteiger partial charge on any atom is -0.491 e. The SMILES string of the molecule is CC1CCCCN1CCOc1ccccc1C(=O)Nc1ccc(Nc2ncccn2)cc1. The summed E-state index contributed by atoms with van der Waals surface area (Å²) >= 11 is 0. The molecule has 1 fully saturated rings. The molecule has 1 aromatic heterocycles. The standard InChI is InChI=1S/C25H29N5O2/c1-19-7-4-5-16-30(19)17-18-32-23-9-3-2-8-22(23)24(31)28-20-10-12-21(13-11-20)29-25-26-14-6-15-27-25/h2-3,6,8-15,19H,4-5,7,16-18H2,1H3,(H,28,31)(H,26,27,29). The summed E-state index contributed by atoms with van der Waals surface area (Å²) in [5.74, 6) is 0.933. The van der Waals surface area contributed by atoms with Crippen molar-refractivity contribution >= 4 is 23.2 Å². The van der Waals surface area contributed by atoms with Gasteiger partial charge in [-0.1, -0.05) is 18.6 Å². The van der Waals surface area contributed by atoms with Crippen molar-refractivity contribution in [2.75, 3.05) is 30.3 Å². The van der Waals surface area contributed by atoms with Crippen molar-refractivity contribution in [2.45, 2.75) is 32.2 Å². The Kier molecular flexibility index (Phi) is 7.30. The fourth-order valence-corrected chi connectivity index (χ4v) is 3.87. The van der Waals surface area contributed by atoms with Crippen molar-refractivity contribution in [3.05, 3.63) is 72.6 Å². The van der Waals surface area contributed by atoms with E-state index >= 15 is 0 Å². The number of likely N-dealkylation sites (tertiary alicyclic amines) is 1. The Bertz CT molecular complexity index is 1010. The van der Waals surface area contributed by atoms with Gasteiger partial charge in [0.15, 0.2) is 0 Å². The van der Waals surface area contributed by atoms with Crippen LogP contribution in [0.25, 0.3) is 0 Å². The molecule has 0 aliphatic carbocycles. The molecule has 3 aromatic rings. The van der Waals surface area contributed by atoms with Gasteiger partial charge in [-0.05, 0) is 68.8 Å². The summed E-state index contributed by atoms with van der Waals surface area (Å²) in [6.07, 6.45) is 7.15. The first-order chi connectivity index (χ1) is 15.7. The van der Waals surface area contributed by atoms with Gasteiger partial charge in [0, 0.05) is 36.4 Å². The van der Waals surface area contributed by atoms with E-state index in [-0.39, 0.29) is 5.91 Å². The lowest BCUT2D eigenvalue weighted by atomic mass is 10.0. The molecule has 32 heavy (non-hydrogen) atoms. The molecule has 2 N–H and O–H groups in total. The molecule has 1 amide bonds. The van der Waals surface area contributed by atoms with E-state index in [2.05, 4.69) is 32.4 Å². The highest BCUT2D eigenvalue weighted by Crippen LogP contribution is 2.22. The maximum atomic E-state index is 12.9. The zero-order chi connectivity index (χ0) is 22.2. The number of carbonyl (C=O) groups is 1. The number of ether oxygens (including phenoxy) is 1. The van der Waals surface area contributed by atoms with Crippen molar-refractivity contribution in [2.24, 2.45) is 0 Å². The van der Waals surface area contributed by atoms with Gasteiger partial charge < -0.3 is 15.4 Å². The first-order valence-electron chi connectivity index (χ1n) is 11.1. The first kappa shape index (κ1) is 21.8. The van der Waals surface area contributed by atoms with Crippen molar-refractivity contribution in [1.82, 2.24) is 14.9 Å². The molecule has 1 aliphatic heterocycles. The molecule has 1 atom stereocenters. The third-order valence-corrected chi connectivity index (χ3v) is 5.67. The predicted octanol–water partition coefficient (Wildman–Crippen LogP) is 4.73. The lowest BCUT2D eigenvalue weighted by Gasteiger charge is -2.33. The number of piperidine rings is 1. The van der Waals surface area contributed by atoms with Crippen molar-refractivity contribution < 1.29 is 9.53 Å². The molecule has 1 unspecified atom stereocenters. The van der Waals surface area contributed by atoms with Gasteiger partial charge in [0.25, 0.3) is 5.91 Å². The van der Waals surface area contributed by atoms with Gasteiger partial charge in [0.1, 0.15) is 12.4 Å². The lowest BCUT2D eigenvalue weighted by molar-refractivity contribution is 0.101. The van der Waals surface area contributed by atoms with E-state index in [4.69, 9.17) is 4.74 Å². The smallest absolute Gasteiger partial charge is 0.259 e. The highest BCUT2D eigenvalue weighted by atomic mass is 16.5. The van der Waals surface area contributed by atoms with Gasteiger partial charge in [-0.25, -0.2) is 9.97 Å². The predicted molar refractivity (Wildman–Crippen MR) is 127 cm³/mol. The second-order valence-electron chi connectivity index (χ2n) is 7.95. The molecule has 2 heterocycles. The average Bonchev–Trinajstić information content (AvgIpc) is 2.82. The molecule has 7 nitrogen and oxygen atoms in total. The number of hydrogen-bond donors (Lipinski definition) is 2. The molecule has 0 bridgehead atoms. The van der Waals surface area contributed by atoms with E-state index in [1.54, 1.807) is 24.5 Å². The molecule has 2 aromatic carbocycles. The maximum Gasteiger partial charge on any atom is 0.259 e. The number of benzene rings is 2. The van der Waals surface area contributed by atoms with Crippen LogP contribution in [-0.4, -0.2) is 46.5 Å². The Labute approximate surface area is 188 Å². The summed E-state index contributed by atoms with van der Waals surface area (Å²) in [5.41, 5.74) is 2.07. The number of rotatable bonds is 8. The normalized spacial score (nSPS) is 16.3. The zero-order valence-corrected chi connectivity index (χ0v) is 18.3. The Morgan fingerprint density at radius 1 is 1.03 bits per heavy atom. The average molecular weight is 432 g/mol. The van der Waals surface area contributed by atoms with E-state index in [0.717, 1.165) is 18.8 Å². The van der Waals surface area contributed by atoms with E-state index in [9.17, 15) is 4.79 Å². The minimum absolute atomic E-state index is 0.195. The number of hydrogen-bond acceptors (Lipinski definition) is 6. The Balaban J connectivity index is 1.34. The van der Waals surface area contributed by atoms with E-state index in [0.29, 0.717) is 35.6 Å². The highest BCUT2D eigenvalue weighted by molar-refractivity contribution is 6.06. The van der Waals surface area contributed by atoms with Gasteiger partial charge in [-0.3, -0.25) is 9.69 Å². The highest BCUT2D eigenvalue weighted by Gasteiger charge is 2.18. The van der Waals surface area contributed by atoms with Gasteiger partial charge in [-0.2, -0.15) is 0 Å². The van der Waals surface area contributed by atoms with Crippen LogP contribution in [0.2, 0.25) is 0 Å². The summed E-state index contributed by atoms with van der Waals surface area (Å²) in [7, 11) is 0. The van der Waals surface area contributed by atoms with Gasteiger partial charge in [0.05, 0.1) is 5.56 Å². The molecular weight excluding hydrogens is 402 g/mol. The largest absolute Gasteiger partial charge is 0.491 e. The second kappa shape index (κ2) is 10.7. The molecule has 4 rings (SSSR count). The van der Waals surface area contributed by atoms with E-state index < -0.39 is 0 Å². The molecular formula is C25H29N5O2. The molecule has 0 spiro atoms. The van der Waals surface area contributed by atoms with E-state index in [1.165, 1.54) is 19.3 Å². The first-order valence-corrected chi connectivity index (χ1v) is 11.1. The molecule has 0 saturated carbocycles. The van der Waals surface area contributed by atoms with Crippen LogP contribution in [-0.2, 0) is 0 Å². The topological polar surface area (TPSA) is 79.4 Å². The fourth-order valence-electron chi connectivity index (χ4n) is 3.87. The number of para-hydroxylation sites is 1. The van der Waals surface area contributed by atoms with Crippen LogP contribution in [0.1, 0.15) is 36.5 Å². The van der Waals surface area contributed by atoms with Gasteiger partial charge >= 0.3 is 0 Å². The van der Waals surface area contributed by atoms with Gasteiger partial charge in [-0.15, -0.1) is 0 Å². The van der Waals surface area contributed by atoms with Crippen molar-refractivity contribution in [3.8, 4) is 5.75 Å². The number of nitrogens with one attached hydrogen (secondary N) is 2. The number of nitrogens with zero attached hydrogens (tertiary/aromatic N) is 3. The summed E-state index contributed by atoms with van der Waals surface area (Å²) in [6.45, 7) is 4.83. The summed E-state index contributed by atoms with van der Waals surface area (Å²) in [5, 5.41) is 6.07. The van der Waals surface area contributed by atoms with Crippen LogP contribution in [0.15, 0.2) is 67.0 Å². The quantitative estimate of drug-likeness (QED) is 0.537. The second-order valence-corrected chi connectivity index (χ2v) is 7.95. The number of anilines is 3. The zero-order valence-electron chi connectivity index (χ0n) is 18.3. The van der Waals surface area contributed by atoms with Crippen LogP contribution in [0.3, 0.4) is 0 Å². The van der Waals surface area contributed by atoms with Crippen LogP contribution in [0.4, 0.5) is 17.3 Å². The van der Waals surface area contributed by atoms with Crippen LogP contribution in [0, 0.1) is 0 Å². The minimum atomic E-state index is -0.195. The Morgan fingerprint density at radius 3 is 2.56 bits per heavy atom. The summed E-state index contributed by atoms with van der Waals surface area (Å²) in [6, 6.07) is 17.1. The fraction of sp³-hybridized carbons (Fsp3) is 0.320. The number of aromatic nitrogens is 2. The van der Waals surface area contributed by atoms with Gasteiger partial charge in [0.2, 0.25) is 5.95 Å². The summed E-state index contributed by atoms with van der Waals surface area (Å²) in [4.78, 5) is 23.6. The maximum absolute atomic E-state index is 12.9. The summed E-state index contributed by atoms with van der Waals surface area (Å²) < 4.78 is 6.01. The molecule has 0 radical (unpaired) electrons. The van der Waals surface area contributed by atoms with Crippen LogP contribution >= 0.6 is 0 Å². The van der Waals surface area contributed by atoms with Crippen LogP contribution < -0.4 is 15.4 Å².